The Balaban J connectivity index is 2.98. The largest absolute Gasteiger partial charge is 0.480 e. The van der Waals surface area contributed by atoms with Crippen LogP contribution in [-0.4, -0.2) is 71.2 Å². The van der Waals surface area contributed by atoms with Gasteiger partial charge in [0.15, 0.2) is 5.96 Å². The predicted molar refractivity (Wildman–Crippen MR) is 145 cm³/mol. The van der Waals surface area contributed by atoms with E-state index in [1.807, 2.05) is 13.8 Å². The zero-order chi connectivity index (χ0) is 28.0. The quantitative estimate of drug-likeness (QED) is 0.0572. The Morgan fingerprint density at radius 2 is 1.54 bits per heavy atom. The summed E-state index contributed by atoms with van der Waals surface area (Å²) in [5.41, 5.74) is 17.3. The lowest BCUT2D eigenvalue weighted by Crippen LogP contribution is -2.58. The highest BCUT2D eigenvalue weighted by atomic mass is 32.1. The van der Waals surface area contributed by atoms with Crippen LogP contribution in [0.3, 0.4) is 0 Å². The fourth-order valence-electron chi connectivity index (χ4n) is 3.34. The number of thiol groups is 1. The summed E-state index contributed by atoms with van der Waals surface area (Å²) in [5, 5.41) is 17.3. The summed E-state index contributed by atoms with van der Waals surface area (Å²) in [7, 11) is 0. The lowest BCUT2D eigenvalue weighted by molar-refractivity contribution is -0.142. The molecule has 13 heteroatoms. The van der Waals surface area contributed by atoms with E-state index in [1.54, 1.807) is 30.3 Å². The summed E-state index contributed by atoms with van der Waals surface area (Å²) in [6, 6.07) is 4.63. The number of hydrogen-bond acceptors (Lipinski definition) is 7. The van der Waals surface area contributed by atoms with Gasteiger partial charge < -0.3 is 38.3 Å². The minimum absolute atomic E-state index is 0.0428. The van der Waals surface area contributed by atoms with Crippen LogP contribution in [-0.2, 0) is 25.6 Å². The van der Waals surface area contributed by atoms with Gasteiger partial charge in [-0.25, -0.2) is 4.79 Å². The van der Waals surface area contributed by atoms with Crippen molar-refractivity contribution < 1.29 is 24.3 Å². The summed E-state index contributed by atoms with van der Waals surface area (Å²) < 4.78 is 0. The van der Waals surface area contributed by atoms with Crippen LogP contribution < -0.4 is 33.2 Å². The van der Waals surface area contributed by atoms with Gasteiger partial charge in [0.05, 0.1) is 6.04 Å². The summed E-state index contributed by atoms with van der Waals surface area (Å²) in [4.78, 5) is 54.2. The summed E-state index contributed by atoms with van der Waals surface area (Å²) in [6.07, 6.45) is 1.17. The molecule has 0 spiro atoms. The Labute approximate surface area is 222 Å². The van der Waals surface area contributed by atoms with Crippen LogP contribution in [0.2, 0.25) is 0 Å². The highest BCUT2D eigenvalue weighted by Crippen LogP contribution is 2.08. The highest BCUT2D eigenvalue weighted by molar-refractivity contribution is 7.80. The third-order valence-corrected chi connectivity index (χ3v) is 6.22. The second-order valence-electron chi connectivity index (χ2n) is 8.75. The number of aliphatic imine (C=N–C) groups is 1. The number of carboxylic acid groups (broad SMARTS) is 1. The van der Waals surface area contributed by atoms with Crippen molar-refractivity contribution in [1.29, 1.82) is 0 Å². The minimum atomic E-state index is -1.22. The molecule has 0 aliphatic rings. The molecule has 1 aromatic rings. The van der Waals surface area contributed by atoms with E-state index >= 15 is 0 Å². The first-order valence-corrected chi connectivity index (χ1v) is 12.7. The van der Waals surface area contributed by atoms with Crippen LogP contribution in [0, 0.1) is 5.92 Å². The van der Waals surface area contributed by atoms with Gasteiger partial charge in [0.2, 0.25) is 17.7 Å². The first kappa shape index (κ1) is 31.7. The minimum Gasteiger partial charge on any atom is -0.480 e. The standard InChI is InChI=1S/C24H39N7O5S/c1-3-14(2)19(25)22(34)31-18(13-37)21(33)29-16(10-7-11-28-24(26)27)20(32)30-17(23(35)36)12-15-8-5-4-6-9-15/h4-6,8-9,14,16-19,37H,3,7,10-13,25H2,1-2H3,(H,29,33)(H,30,32)(H,31,34)(H,35,36)(H4,26,27,28). The number of aliphatic carboxylic acids is 1. The summed E-state index contributed by atoms with van der Waals surface area (Å²) >= 11 is 4.15. The molecule has 0 aromatic heterocycles. The zero-order valence-electron chi connectivity index (χ0n) is 21.2. The second-order valence-corrected chi connectivity index (χ2v) is 9.12. The summed E-state index contributed by atoms with van der Waals surface area (Å²) in [6.45, 7) is 3.92. The lowest BCUT2D eigenvalue weighted by atomic mass is 9.99. The molecule has 3 amide bonds. The molecular weight excluding hydrogens is 498 g/mol. The van der Waals surface area contributed by atoms with Gasteiger partial charge in [-0.2, -0.15) is 12.6 Å². The third-order valence-electron chi connectivity index (χ3n) is 5.85. The summed E-state index contributed by atoms with van der Waals surface area (Å²) in [5.74, 6) is -3.34. The molecule has 206 valence electrons. The molecule has 0 radical (unpaired) electrons. The van der Waals surface area contributed by atoms with E-state index < -0.39 is 47.9 Å². The third kappa shape index (κ3) is 11.5. The molecule has 0 bridgehead atoms. The molecule has 0 heterocycles. The maximum atomic E-state index is 13.1. The molecule has 12 nitrogen and oxygen atoms in total. The molecule has 5 atom stereocenters. The van der Waals surface area contributed by atoms with E-state index in [-0.39, 0.29) is 37.0 Å². The molecule has 0 saturated carbocycles. The van der Waals surface area contributed by atoms with E-state index in [0.717, 1.165) is 5.56 Å². The number of nitrogens with one attached hydrogen (secondary N) is 3. The molecule has 5 unspecified atom stereocenters. The lowest BCUT2D eigenvalue weighted by Gasteiger charge is -2.25. The van der Waals surface area contributed by atoms with E-state index in [1.165, 1.54) is 0 Å². The van der Waals surface area contributed by atoms with Crippen molar-refractivity contribution in [2.24, 2.45) is 28.1 Å². The Kier molecular flexibility index (Phi) is 14.1. The van der Waals surface area contributed by atoms with Crippen LogP contribution in [0.5, 0.6) is 0 Å². The van der Waals surface area contributed by atoms with Crippen LogP contribution in [0.1, 0.15) is 38.7 Å². The molecular formula is C24H39N7O5S. The topological polar surface area (TPSA) is 215 Å². The van der Waals surface area contributed by atoms with E-state index in [0.29, 0.717) is 12.8 Å². The Morgan fingerprint density at radius 1 is 0.973 bits per heavy atom. The molecule has 0 saturated heterocycles. The SMILES string of the molecule is CCC(C)C(N)C(=O)NC(CS)C(=O)NC(CCCN=C(N)N)C(=O)NC(Cc1ccccc1)C(=O)O. The number of rotatable bonds is 16. The number of nitrogens with two attached hydrogens (primary N) is 3. The van der Waals surface area contributed by atoms with Gasteiger partial charge >= 0.3 is 5.97 Å². The van der Waals surface area contributed by atoms with Gasteiger partial charge in [-0.1, -0.05) is 50.6 Å². The second kappa shape index (κ2) is 16.4. The number of carbonyl (C=O) groups is 4. The maximum Gasteiger partial charge on any atom is 0.326 e. The molecule has 0 fully saturated rings. The average molecular weight is 538 g/mol. The van der Waals surface area contributed by atoms with Gasteiger partial charge in [0.1, 0.15) is 18.1 Å². The van der Waals surface area contributed by atoms with Crippen molar-refractivity contribution >= 4 is 42.3 Å². The van der Waals surface area contributed by atoms with Crippen molar-refractivity contribution in [3.8, 4) is 0 Å². The van der Waals surface area contributed by atoms with Crippen LogP contribution in [0.15, 0.2) is 35.3 Å². The fourth-order valence-corrected chi connectivity index (χ4v) is 3.60. The average Bonchev–Trinajstić information content (AvgIpc) is 2.87. The van der Waals surface area contributed by atoms with Crippen molar-refractivity contribution in [3.05, 3.63) is 35.9 Å². The van der Waals surface area contributed by atoms with E-state index in [2.05, 4.69) is 33.6 Å². The van der Waals surface area contributed by atoms with E-state index in [9.17, 15) is 24.3 Å². The predicted octanol–water partition coefficient (Wildman–Crippen LogP) is -0.875. The number of carbonyl (C=O) groups excluding carboxylic acids is 3. The maximum absolute atomic E-state index is 13.1. The van der Waals surface area contributed by atoms with Crippen LogP contribution in [0.4, 0.5) is 0 Å². The monoisotopic (exact) mass is 537 g/mol. The van der Waals surface area contributed by atoms with Gasteiger partial charge in [-0.15, -0.1) is 0 Å². The number of benzene rings is 1. The molecule has 0 aliphatic heterocycles. The molecule has 0 aliphatic carbocycles. The van der Waals surface area contributed by atoms with Crippen molar-refractivity contribution in [2.45, 2.75) is 63.7 Å². The number of nitrogens with zero attached hydrogens (tertiary/aromatic N) is 1. The van der Waals surface area contributed by atoms with Gasteiger partial charge in [0, 0.05) is 18.7 Å². The first-order chi connectivity index (χ1) is 17.5. The highest BCUT2D eigenvalue weighted by Gasteiger charge is 2.30. The van der Waals surface area contributed by atoms with Crippen LogP contribution >= 0.6 is 12.6 Å². The molecule has 1 aromatic carbocycles. The first-order valence-electron chi connectivity index (χ1n) is 12.1. The number of guanidine groups is 1. The van der Waals surface area contributed by atoms with Gasteiger partial charge in [-0.3, -0.25) is 19.4 Å². The van der Waals surface area contributed by atoms with E-state index in [4.69, 9.17) is 17.2 Å². The Morgan fingerprint density at radius 3 is 2.08 bits per heavy atom. The Bertz CT molecular complexity index is 927. The molecule has 1 rings (SSSR count). The van der Waals surface area contributed by atoms with Gasteiger partial charge in [0.25, 0.3) is 0 Å². The molecule has 37 heavy (non-hydrogen) atoms. The van der Waals surface area contributed by atoms with Crippen molar-refractivity contribution in [3.63, 3.8) is 0 Å². The van der Waals surface area contributed by atoms with Crippen molar-refractivity contribution in [1.82, 2.24) is 16.0 Å². The number of hydrogen-bond donors (Lipinski definition) is 8. The Hall–Kier alpha value is -3.32. The van der Waals surface area contributed by atoms with Crippen LogP contribution in [0.25, 0.3) is 0 Å². The fraction of sp³-hybridized carbons (Fsp3) is 0.542. The normalized spacial score (nSPS) is 14.8. The zero-order valence-corrected chi connectivity index (χ0v) is 22.1. The van der Waals surface area contributed by atoms with Gasteiger partial charge in [-0.05, 0) is 24.3 Å². The van der Waals surface area contributed by atoms with Crippen molar-refractivity contribution in [2.75, 3.05) is 12.3 Å². The number of amides is 3. The smallest absolute Gasteiger partial charge is 0.326 e. The number of carboxylic acids is 1. The molecule has 10 N–H and O–H groups in total.